The van der Waals surface area contributed by atoms with E-state index in [2.05, 4.69) is 64.5 Å². The molecule has 0 atom stereocenters. The third-order valence-corrected chi connectivity index (χ3v) is 11.0. The molecule has 0 unspecified atom stereocenters. The normalized spacial score (nSPS) is 12.9. The van der Waals surface area contributed by atoms with Crippen molar-refractivity contribution >= 4 is 52.6 Å². The Labute approximate surface area is 397 Å². The highest BCUT2D eigenvalue weighted by Gasteiger charge is 2.36. The van der Waals surface area contributed by atoms with Crippen LogP contribution in [0.5, 0.6) is 0 Å². The monoisotopic (exact) mass is 920 g/mol. The maximum atomic E-state index is 15.0. The van der Waals surface area contributed by atoms with E-state index in [1.54, 1.807) is 84.4 Å². The highest BCUT2D eigenvalue weighted by molar-refractivity contribution is 6.28. The number of nitrogens with zero attached hydrogens (tertiary/aromatic N) is 11. The molecule has 0 spiro atoms. The van der Waals surface area contributed by atoms with Crippen LogP contribution in [0.3, 0.4) is 0 Å². The highest BCUT2D eigenvalue weighted by atomic mass is 35.5. The summed E-state index contributed by atoms with van der Waals surface area (Å²) in [4.78, 5) is 49.4. The van der Waals surface area contributed by atoms with Gasteiger partial charge in [-0.25, -0.2) is 29.5 Å². The molecule has 3 N–H and O–H groups in total. The van der Waals surface area contributed by atoms with Crippen molar-refractivity contribution in [1.82, 2.24) is 44.4 Å². The molecule has 67 heavy (non-hydrogen) atoms. The van der Waals surface area contributed by atoms with Crippen LogP contribution in [-0.4, -0.2) is 82.6 Å². The number of hydrogen-bond acceptors (Lipinski definition) is 10. The second-order valence-corrected chi connectivity index (χ2v) is 18.7. The number of rotatable bonds is 9. The van der Waals surface area contributed by atoms with E-state index < -0.39 is 22.9 Å². The molecule has 16 nitrogen and oxygen atoms in total. The Morgan fingerprint density at radius 2 is 1.09 bits per heavy atom. The number of aromatic nitrogens is 8. The number of piperidine rings is 1. The van der Waals surface area contributed by atoms with Gasteiger partial charge >= 0.3 is 12.1 Å². The van der Waals surface area contributed by atoms with Gasteiger partial charge in [-0.1, -0.05) is 83.8 Å². The van der Waals surface area contributed by atoms with Crippen molar-refractivity contribution in [3.63, 3.8) is 0 Å². The van der Waals surface area contributed by atoms with Gasteiger partial charge in [-0.3, -0.25) is 9.36 Å². The number of benzene rings is 2. The molecule has 6 aromatic rings. The van der Waals surface area contributed by atoms with Crippen LogP contribution in [0.25, 0.3) is 0 Å². The van der Waals surface area contributed by atoms with Crippen LogP contribution in [0.15, 0.2) is 85.5 Å². The van der Waals surface area contributed by atoms with Gasteiger partial charge in [0.1, 0.15) is 0 Å². The summed E-state index contributed by atoms with van der Waals surface area (Å²) in [7, 11) is 3.47. The fourth-order valence-corrected chi connectivity index (χ4v) is 7.27. The van der Waals surface area contributed by atoms with Crippen molar-refractivity contribution < 1.29 is 9.59 Å². The number of halogens is 1. The summed E-state index contributed by atoms with van der Waals surface area (Å²) in [5, 5.41) is 21.6. The fourth-order valence-electron chi connectivity index (χ4n) is 7.18. The van der Waals surface area contributed by atoms with Gasteiger partial charge in [0.25, 0.3) is 0 Å². The molecule has 17 heteroatoms. The predicted octanol–water partition coefficient (Wildman–Crippen LogP) is 8.76. The molecule has 0 aliphatic carbocycles. The average Bonchev–Trinajstić information content (AvgIpc) is 3.89. The first-order valence-corrected chi connectivity index (χ1v) is 22.7. The van der Waals surface area contributed by atoms with Crippen molar-refractivity contribution in [2.45, 2.75) is 78.1 Å². The first kappa shape index (κ1) is 47.7. The Kier molecular flexibility index (Phi) is 14.9. The number of nitrogens with one attached hydrogen (secondary N) is 3. The van der Waals surface area contributed by atoms with Crippen LogP contribution in [0.1, 0.15) is 101 Å². The minimum atomic E-state index is -0.658. The lowest BCUT2D eigenvalue weighted by Gasteiger charge is -2.33. The molecule has 0 radical (unpaired) electrons. The van der Waals surface area contributed by atoms with E-state index in [0.717, 1.165) is 19.5 Å². The number of urea groups is 2. The van der Waals surface area contributed by atoms with Gasteiger partial charge in [-0.2, -0.15) is 20.2 Å². The molecule has 0 bridgehead atoms. The Morgan fingerprint density at radius 3 is 1.54 bits per heavy atom. The molecule has 0 saturated carbocycles. The van der Waals surface area contributed by atoms with E-state index in [-0.39, 0.29) is 5.28 Å². The van der Waals surface area contributed by atoms with Crippen molar-refractivity contribution in [1.29, 1.82) is 0 Å². The summed E-state index contributed by atoms with van der Waals surface area (Å²) in [6.45, 7) is 16.4. The van der Waals surface area contributed by atoms with Crippen molar-refractivity contribution in [3.8, 4) is 23.7 Å². The Hall–Kier alpha value is -7.27. The molecule has 7 rings (SSSR count). The van der Waals surface area contributed by atoms with E-state index >= 15 is 4.79 Å². The van der Waals surface area contributed by atoms with Crippen molar-refractivity contribution in [2.75, 3.05) is 52.1 Å². The van der Waals surface area contributed by atoms with Crippen LogP contribution >= 0.6 is 11.6 Å². The zero-order valence-electron chi connectivity index (χ0n) is 39.4. The van der Waals surface area contributed by atoms with Crippen LogP contribution in [-0.2, 0) is 24.9 Å². The summed E-state index contributed by atoms with van der Waals surface area (Å²) < 4.78 is 3.16. The molecule has 5 heterocycles. The molecule has 1 fully saturated rings. The largest absolute Gasteiger partial charge is 0.354 e. The quantitative estimate of drug-likeness (QED) is 0.0552. The Balaban J connectivity index is 1.17. The molecule has 2 aromatic carbocycles. The van der Waals surface area contributed by atoms with Crippen molar-refractivity contribution in [2.24, 2.45) is 14.1 Å². The van der Waals surface area contributed by atoms with Gasteiger partial charge in [0.15, 0.2) is 11.6 Å². The lowest BCUT2D eigenvalue weighted by molar-refractivity contribution is 0.228. The molecule has 1 aliphatic heterocycles. The maximum absolute atomic E-state index is 15.0. The SMILES string of the molecule is Cn1nc(C(C)(C)C)cc1N(C(=O)Nc1cccc(C#Cc2cnc(Cl)nc2)c1)N(C(=O)Nc1cccc(C#Cc2cnc(NCCCN3CCCCC3)nc2)c1)c1cc(C(C)(C)C)nn1C. The fraction of sp³-hybridized carbons (Fsp3) is 0.360. The minimum Gasteiger partial charge on any atom is -0.354 e. The van der Waals surface area contributed by atoms with Gasteiger partial charge in [0.05, 0.1) is 22.5 Å². The summed E-state index contributed by atoms with van der Waals surface area (Å²) in [6.07, 6.45) is 11.4. The molecular formula is C50H57ClN14O2. The lowest BCUT2D eigenvalue weighted by Crippen LogP contribution is -2.55. The van der Waals surface area contributed by atoms with Crippen LogP contribution in [0, 0.1) is 23.7 Å². The standard InChI is InChI=1S/C50H57ClN14O2/c1-49(2,3)41-29-43(61(7)59-41)64(47(66)57-39-17-12-15-35(27-39)19-21-37-31-53-45(51)54-32-37)65(44-30-42(50(4,5)6)60-62(44)8)48(67)58-40-18-13-16-36(28-40)20-22-38-33-55-46(56-34-38)52-23-14-26-63-24-10-9-11-25-63/h12-13,15-18,27-34H,9-11,14,23-26H2,1-8H3,(H,57,66)(H,58,67)(H,52,55,56). The summed E-state index contributed by atoms with van der Waals surface area (Å²) in [6, 6.07) is 16.5. The third-order valence-electron chi connectivity index (χ3n) is 10.9. The molecule has 1 saturated heterocycles. The van der Waals surface area contributed by atoms with Gasteiger partial charge in [0, 0.05) is 90.9 Å². The summed E-state index contributed by atoms with van der Waals surface area (Å²) in [5.74, 6) is 13.6. The number of amides is 4. The van der Waals surface area contributed by atoms with Crippen LogP contribution in [0.2, 0.25) is 5.28 Å². The lowest BCUT2D eigenvalue weighted by atomic mass is 9.92. The van der Waals surface area contributed by atoms with E-state index in [4.69, 9.17) is 21.8 Å². The molecule has 1 aliphatic rings. The van der Waals surface area contributed by atoms with E-state index in [9.17, 15) is 4.79 Å². The van der Waals surface area contributed by atoms with Crippen molar-refractivity contribution in [3.05, 3.63) is 124 Å². The molecular weight excluding hydrogens is 864 g/mol. The second kappa shape index (κ2) is 20.9. The van der Waals surface area contributed by atoms with E-state index in [0.29, 0.717) is 62.6 Å². The average molecular weight is 922 g/mol. The molecule has 4 aromatic heterocycles. The van der Waals surface area contributed by atoms with Crippen LogP contribution < -0.4 is 26.0 Å². The van der Waals surface area contributed by atoms with Crippen LogP contribution in [0.4, 0.5) is 38.5 Å². The number of anilines is 5. The zero-order chi connectivity index (χ0) is 47.7. The van der Waals surface area contributed by atoms with Gasteiger partial charge in [-0.05, 0) is 86.9 Å². The third kappa shape index (κ3) is 12.8. The maximum Gasteiger partial charge on any atom is 0.347 e. The highest BCUT2D eigenvalue weighted by Crippen LogP contribution is 2.32. The van der Waals surface area contributed by atoms with Gasteiger partial charge < -0.3 is 20.9 Å². The number of aryl methyl sites for hydroxylation is 2. The minimum absolute atomic E-state index is 0.124. The number of carbonyl (C=O) groups is 2. The topological polar surface area (TPSA) is 167 Å². The smallest absolute Gasteiger partial charge is 0.347 e. The first-order valence-electron chi connectivity index (χ1n) is 22.3. The number of hydrazine groups is 1. The van der Waals surface area contributed by atoms with E-state index in [1.165, 1.54) is 54.8 Å². The summed E-state index contributed by atoms with van der Waals surface area (Å²) >= 11 is 5.86. The van der Waals surface area contributed by atoms with Gasteiger partial charge in [-0.15, -0.1) is 0 Å². The van der Waals surface area contributed by atoms with Gasteiger partial charge in [0.2, 0.25) is 11.2 Å². The zero-order valence-corrected chi connectivity index (χ0v) is 40.1. The summed E-state index contributed by atoms with van der Waals surface area (Å²) in [5.41, 5.74) is 3.98. The predicted molar refractivity (Wildman–Crippen MR) is 264 cm³/mol. The van der Waals surface area contributed by atoms with E-state index in [1.807, 2.05) is 53.7 Å². The Bertz CT molecular complexity index is 2810. The number of carbonyl (C=O) groups excluding carboxylic acids is 2. The second-order valence-electron chi connectivity index (χ2n) is 18.4. The molecule has 4 amide bonds. The first-order chi connectivity index (χ1) is 32.0. The number of hydrogen-bond donors (Lipinski definition) is 3. The number of likely N-dealkylation sites (tertiary alicyclic amines) is 1. The molecule has 346 valence electrons. The Morgan fingerprint density at radius 1 is 0.642 bits per heavy atom.